The van der Waals surface area contributed by atoms with Crippen LogP contribution in [0.25, 0.3) is 0 Å². The van der Waals surface area contributed by atoms with Crippen molar-refractivity contribution in [1.82, 2.24) is 4.90 Å². The van der Waals surface area contributed by atoms with Crippen LogP contribution in [0.3, 0.4) is 0 Å². The number of amides is 1. The van der Waals surface area contributed by atoms with Crippen LogP contribution >= 0.6 is 11.3 Å². The van der Waals surface area contributed by atoms with E-state index in [4.69, 9.17) is 0 Å². The molecular formula is C20H25NOS. The van der Waals surface area contributed by atoms with Gasteiger partial charge in [-0.3, -0.25) is 4.79 Å². The molecule has 1 atom stereocenters. The summed E-state index contributed by atoms with van der Waals surface area (Å²) in [5.74, 6) is 0.304. The number of rotatable bonds is 4. The molecule has 0 spiro atoms. The van der Waals surface area contributed by atoms with Gasteiger partial charge in [0.05, 0.1) is 6.04 Å². The number of hydrogen-bond acceptors (Lipinski definition) is 2. The quantitative estimate of drug-likeness (QED) is 0.776. The highest BCUT2D eigenvalue weighted by molar-refractivity contribution is 7.12. The van der Waals surface area contributed by atoms with Gasteiger partial charge in [0.25, 0.3) is 0 Å². The van der Waals surface area contributed by atoms with Crippen LogP contribution in [0.15, 0.2) is 30.3 Å². The minimum Gasteiger partial charge on any atom is -0.335 e. The maximum absolute atomic E-state index is 12.7. The van der Waals surface area contributed by atoms with Crippen molar-refractivity contribution < 1.29 is 4.79 Å². The van der Waals surface area contributed by atoms with Gasteiger partial charge in [-0.2, -0.15) is 0 Å². The van der Waals surface area contributed by atoms with E-state index in [1.54, 1.807) is 0 Å². The number of benzene rings is 1. The first-order chi connectivity index (χ1) is 11.0. The molecule has 1 unspecified atom stereocenters. The van der Waals surface area contributed by atoms with E-state index in [1.807, 2.05) is 11.3 Å². The molecule has 1 aromatic carbocycles. The number of nitrogens with zero attached hydrogens (tertiary/aromatic N) is 1. The summed E-state index contributed by atoms with van der Waals surface area (Å²) in [5.41, 5.74) is 3.88. The van der Waals surface area contributed by atoms with Gasteiger partial charge < -0.3 is 4.90 Å². The first-order valence-corrected chi connectivity index (χ1v) is 9.28. The highest BCUT2D eigenvalue weighted by Gasteiger charge is 2.30. The summed E-state index contributed by atoms with van der Waals surface area (Å²) in [6.07, 6.45) is 3.69. The fourth-order valence-corrected chi connectivity index (χ4v) is 4.53. The molecule has 0 aliphatic carbocycles. The molecule has 1 aliphatic heterocycles. The minimum atomic E-state index is 0.304. The molecule has 0 bridgehead atoms. The van der Waals surface area contributed by atoms with Crippen molar-refractivity contribution in [3.8, 4) is 0 Å². The van der Waals surface area contributed by atoms with E-state index < -0.39 is 0 Å². The van der Waals surface area contributed by atoms with Crippen LogP contribution in [0.1, 0.15) is 51.7 Å². The van der Waals surface area contributed by atoms with Crippen molar-refractivity contribution in [2.75, 3.05) is 6.54 Å². The molecule has 1 aromatic heterocycles. The standard InChI is InChI=1S/C20H25NOS/c1-14-6-8-17(15(2)13-14)9-11-20(22)21-12-4-5-18(21)19-10-7-16(3)23-19/h6-8,10,13,18H,4-5,9,11-12H2,1-3H3. The van der Waals surface area contributed by atoms with Crippen LogP contribution < -0.4 is 0 Å². The van der Waals surface area contributed by atoms with Gasteiger partial charge in [-0.05, 0) is 63.3 Å². The Balaban J connectivity index is 1.65. The van der Waals surface area contributed by atoms with E-state index in [0.29, 0.717) is 18.4 Å². The Morgan fingerprint density at radius 1 is 1.22 bits per heavy atom. The molecule has 1 aliphatic rings. The Hall–Kier alpha value is -1.61. The predicted molar refractivity (Wildman–Crippen MR) is 97.0 cm³/mol. The molecule has 3 rings (SSSR count). The van der Waals surface area contributed by atoms with Crippen molar-refractivity contribution in [3.63, 3.8) is 0 Å². The van der Waals surface area contributed by atoms with Crippen molar-refractivity contribution >= 4 is 17.2 Å². The summed E-state index contributed by atoms with van der Waals surface area (Å²) in [6.45, 7) is 7.29. The molecule has 3 heteroatoms. The zero-order valence-corrected chi connectivity index (χ0v) is 15.1. The van der Waals surface area contributed by atoms with Crippen LogP contribution in [0, 0.1) is 20.8 Å². The van der Waals surface area contributed by atoms with Crippen LogP contribution in [-0.2, 0) is 11.2 Å². The lowest BCUT2D eigenvalue weighted by Gasteiger charge is -2.24. The Kier molecular flexibility index (Phi) is 4.86. The van der Waals surface area contributed by atoms with Crippen molar-refractivity contribution in [1.29, 1.82) is 0 Å². The second kappa shape index (κ2) is 6.88. The van der Waals surface area contributed by atoms with E-state index in [0.717, 1.165) is 25.8 Å². The maximum atomic E-state index is 12.7. The van der Waals surface area contributed by atoms with E-state index in [2.05, 4.69) is 56.0 Å². The van der Waals surface area contributed by atoms with Gasteiger partial charge in [-0.1, -0.05) is 23.8 Å². The number of hydrogen-bond donors (Lipinski definition) is 0. The molecule has 2 nitrogen and oxygen atoms in total. The van der Waals surface area contributed by atoms with Gasteiger partial charge in [0.1, 0.15) is 0 Å². The third-order valence-electron chi connectivity index (χ3n) is 4.77. The van der Waals surface area contributed by atoms with Gasteiger partial charge in [-0.15, -0.1) is 11.3 Å². The average Bonchev–Trinajstić information content (AvgIpc) is 3.14. The number of carbonyl (C=O) groups excluding carboxylic acids is 1. The second-order valence-electron chi connectivity index (χ2n) is 6.62. The molecule has 1 amide bonds. The van der Waals surface area contributed by atoms with Crippen LogP contribution in [-0.4, -0.2) is 17.4 Å². The summed E-state index contributed by atoms with van der Waals surface area (Å²) < 4.78 is 0. The molecule has 23 heavy (non-hydrogen) atoms. The van der Waals surface area contributed by atoms with E-state index in [9.17, 15) is 4.79 Å². The maximum Gasteiger partial charge on any atom is 0.223 e. The summed E-state index contributed by atoms with van der Waals surface area (Å²) in [7, 11) is 0. The largest absolute Gasteiger partial charge is 0.335 e. The third kappa shape index (κ3) is 3.66. The number of carbonyl (C=O) groups is 1. The summed E-state index contributed by atoms with van der Waals surface area (Å²) in [6, 6.07) is 11.2. The van der Waals surface area contributed by atoms with Gasteiger partial charge in [0, 0.05) is 22.7 Å². The van der Waals surface area contributed by atoms with E-state index in [1.165, 1.54) is 26.4 Å². The van der Waals surface area contributed by atoms with Crippen LogP contribution in [0.2, 0.25) is 0 Å². The summed E-state index contributed by atoms with van der Waals surface area (Å²) in [5, 5.41) is 0. The summed E-state index contributed by atoms with van der Waals surface area (Å²) in [4.78, 5) is 17.5. The molecular weight excluding hydrogens is 302 g/mol. The van der Waals surface area contributed by atoms with Gasteiger partial charge in [-0.25, -0.2) is 0 Å². The molecule has 1 saturated heterocycles. The lowest BCUT2D eigenvalue weighted by atomic mass is 10.0. The van der Waals surface area contributed by atoms with E-state index in [-0.39, 0.29) is 0 Å². The van der Waals surface area contributed by atoms with Crippen molar-refractivity contribution in [3.05, 3.63) is 56.8 Å². The second-order valence-corrected chi connectivity index (χ2v) is 7.94. The summed E-state index contributed by atoms with van der Waals surface area (Å²) >= 11 is 1.83. The monoisotopic (exact) mass is 327 g/mol. The van der Waals surface area contributed by atoms with Crippen LogP contribution in [0.4, 0.5) is 0 Å². The predicted octanol–water partition coefficient (Wildman–Crippen LogP) is 4.97. The van der Waals surface area contributed by atoms with Gasteiger partial charge >= 0.3 is 0 Å². The Morgan fingerprint density at radius 2 is 2.04 bits per heavy atom. The molecule has 0 saturated carbocycles. The molecule has 2 aromatic rings. The highest BCUT2D eigenvalue weighted by atomic mass is 32.1. The fraction of sp³-hybridized carbons (Fsp3) is 0.450. The third-order valence-corrected chi connectivity index (χ3v) is 5.87. The molecule has 2 heterocycles. The molecule has 0 radical (unpaired) electrons. The Bertz CT molecular complexity index is 703. The SMILES string of the molecule is Cc1ccc(CCC(=O)N2CCCC2c2ccc(C)s2)c(C)c1. The van der Waals surface area contributed by atoms with Crippen molar-refractivity contribution in [2.24, 2.45) is 0 Å². The fourth-order valence-electron chi connectivity index (χ4n) is 3.51. The number of thiophene rings is 1. The topological polar surface area (TPSA) is 20.3 Å². The van der Waals surface area contributed by atoms with Gasteiger partial charge in [0.2, 0.25) is 5.91 Å². The number of aryl methyl sites for hydroxylation is 4. The molecule has 0 N–H and O–H groups in total. The van der Waals surface area contributed by atoms with Crippen LogP contribution in [0.5, 0.6) is 0 Å². The zero-order valence-electron chi connectivity index (χ0n) is 14.3. The smallest absolute Gasteiger partial charge is 0.223 e. The molecule has 1 fully saturated rings. The zero-order chi connectivity index (χ0) is 16.4. The van der Waals surface area contributed by atoms with Gasteiger partial charge in [0.15, 0.2) is 0 Å². The normalized spacial score (nSPS) is 17.7. The molecule has 122 valence electrons. The minimum absolute atomic E-state index is 0.304. The average molecular weight is 327 g/mol. The highest BCUT2D eigenvalue weighted by Crippen LogP contribution is 2.36. The first-order valence-electron chi connectivity index (χ1n) is 8.46. The van der Waals surface area contributed by atoms with Crippen molar-refractivity contribution in [2.45, 2.75) is 52.5 Å². The lowest BCUT2D eigenvalue weighted by molar-refractivity contribution is -0.132. The Labute approximate surface area is 143 Å². The lowest BCUT2D eigenvalue weighted by Crippen LogP contribution is -2.30. The number of likely N-dealkylation sites (tertiary alicyclic amines) is 1. The van der Waals surface area contributed by atoms with E-state index >= 15 is 0 Å². The first kappa shape index (κ1) is 16.3. The Morgan fingerprint density at radius 3 is 2.74 bits per heavy atom.